The highest BCUT2D eigenvalue weighted by Gasteiger charge is 2.10. The Balaban J connectivity index is 2.03. The molecule has 0 fully saturated rings. The topological polar surface area (TPSA) is 26.0 Å². The largest absolute Gasteiger partial charge is 0.441 e. The number of unbranched alkanes of at least 4 members (excludes halogenated alkanes) is 3. The molecule has 0 atom stereocenters. The third-order valence-electron chi connectivity index (χ3n) is 3.08. The van der Waals surface area contributed by atoms with E-state index in [9.17, 15) is 0 Å². The van der Waals surface area contributed by atoms with Crippen molar-refractivity contribution in [3.05, 3.63) is 48.7 Å². The maximum Gasteiger partial charge on any atom is 0.226 e. The summed E-state index contributed by atoms with van der Waals surface area (Å²) < 4.78 is 5.73. The lowest BCUT2D eigenvalue weighted by atomic mass is 10.1. The molecule has 2 rings (SSSR count). The molecule has 0 unspecified atom stereocenters. The first-order valence-electron chi connectivity index (χ1n) is 6.62. The fraction of sp³-hybridized carbons (Fsp3) is 0.375. The van der Waals surface area contributed by atoms with E-state index in [4.69, 9.17) is 4.42 Å². The van der Waals surface area contributed by atoms with Crippen molar-refractivity contribution < 1.29 is 4.42 Å². The number of hydrogen-bond donors (Lipinski definition) is 0. The molecule has 1 radical (unpaired) electrons. The van der Waals surface area contributed by atoms with Gasteiger partial charge in [-0.3, -0.25) is 0 Å². The highest BCUT2D eigenvalue weighted by Crippen LogP contribution is 2.22. The van der Waals surface area contributed by atoms with Crippen LogP contribution in [0, 0.1) is 13.8 Å². The minimum atomic E-state index is 0.736. The van der Waals surface area contributed by atoms with Crippen LogP contribution in [0.5, 0.6) is 0 Å². The van der Waals surface area contributed by atoms with Gasteiger partial charge in [-0.05, 0) is 31.9 Å². The van der Waals surface area contributed by atoms with Crippen LogP contribution < -0.4 is 0 Å². The van der Waals surface area contributed by atoms with Crippen molar-refractivity contribution in [3.63, 3.8) is 0 Å². The molecule has 0 amide bonds. The van der Waals surface area contributed by atoms with Gasteiger partial charge in [0.2, 0.25) is 5.89 Å². The molecule has 0 bridgehead atoms. The minimum Gasteiger partial charge on any atom is -0.441 e. The van der Waals surface area contributed by atoms with Gasteiger partial charge >= 0.3 is 0 Å². The van der Waals surface area contributed by atoms with Crippen molar-refractivity contribution in [1.82, 2.24) is 4.98 Å². The Bertz CT molecular complexity index is 473. The summed E-state index contributed by atoms with van der Waals surface area (Å²) in [6.45, 7) is 5.85. The molecule has 0 N–H and O–H groups in total. The standard InChI is InChI=1S/C16H20NO/c1-3-4-5-9-12-15-13(2)18-16(17-15)14-10-7-6-8-11-14/h6-8,10-11H,1,3-5,9,12H2,2H3. The Hall–Kier alpha value is -1.57. The first-order chi connectivity index (χ1) is 8.81. The van der Waals surface area contributed by atoms with E-state index >= 15 is 0 Å². The van der Waals surface area contributed by atoms with Crippen molar-refractivity contribution in [3.8, 4) is 11.5 Å². The molecule has 18 heavy (non-hydrogen) atoms. The van der Waals surface area contributed by atoms with Crippen LogP contribution in [-0.2, 0) is 6.42 Å². The van der Waals surface area contributed by atoms with Gasteiger partial charge in [0.25, 0.3) is 0 Å². The summed E-state index contributed by atoms with van der Waals surface area (Å²) in [5.41, 5.74) is 2.14. The summed E-state index contributed by atoms with van der Waals surface area (Å²) in [4.78, 5) is 4.60. The zero-order chi connectivity index (χ0) is 12.8. The maximum absolute atomic E-state index is 5.73. The average Bonchev–Trinajstić information content (AvgIpc) is 2.77. The van der Waals surface area contributed by atoms with Crippen LogP contribution in [0.3, 0.4) is 0 Å². The fourth-order valence-electron chi connectivity index (χ4n) is 2.01. The summed E-state index contributed by atoms with van der Waals surface area (Å²) in [5.74, 6) is 1.68. The second kappa shape index (κ2) is 6.39. The molecule has 2 nitrogen and oxygen atoms in total. The lowest BCUT2D eigenvalue weighted by Gasteiger charge is -1.96. The highest BCUT2D eigenvalue weighted by molar-refractivity contribution is 5.53. The van der Waals surface area contributed by atoms with Gasteiger partial charge in [0.1, 0.15) is 5.76 Å². The Morgan fingerprint density at radius 1 is 1.11 bits per heavy atom. The van der Waals surface area contributed by atoms with Gasteiger partial charge in [-0.25, -0.2) is 4.98 Å². The monoisotopic (exact) mass is 242 g/mol. The van der Waals surface area contributed by atoms with Crippen molar-refractivity contribution in [2.24, 2.45) is 0 Å². The van der Waals surface area contributed by atoms with Gasteiger partial charge in [0.05, 0.1) is 5.69 Å². The number of oxazole rings is 1. The summed E-state index contributed by atoms with van der Waals surface area (Å²) in [6, 6.07) is 10.1. The molecule has 0 aliphatic heterocycles. The van der Waals surface area contributed by atoms with E-state index in [2.05, 4.69) is 11.9 Å². The normalized spacial score (nSPS) is 10.8. The number of nitrogens with zero attached hydrogens (tertiary/aromatic N) is 1. The molecular formula is C16H20NO. The SMILES string of the molecule is [CH2]CCCCCc1nc(-c2ccccc2)oc1C. The van der Waals surface area contributed by atoms with Crippen LogP contribution in [0.25, 0.3) is 11.5 Å². The Morgan fingerprint density at radius 3 is 2.61 bits per heavy atom. The predicted molar refractivity (Wildman–Crippen MR) is 74.2 cm³/mol. The lowest BCUT2D eigenvalue weighted by molar-refractivity contribution is 0.538. The van der Waals surface area contributed by atoms with E-state index in [1.807, 2.05) is 37.3 Å². The predicted octanol–water partition coefficient (Wildman–Crippen LogP) is 4.59. The van der Waals surface area contributed by atoms with Gasteiger partial charge in [-0.2, -0.15) is 0 Å². The zero-order valence-electron chi connectivity index (χ0n) is 11.0. The lowest BCUT2D eigenvalue weighted by Crippen LogP contribution is -1.89. The maximum atomic E-state index is 5.73. The number of aryl methyl sites for hydroxylation is 2. The molecule has 0 spiro atoms. The highest BCUT2D eigenvalue weighted by atomic mass is 16.4. The molecule has 95 valence electrons. The van der Waals surface area contributed by atoms with Crippen molar-refractivity contribution in [2.75, 3.05) is 0 Å². The van der Waals surface area contributed by atoms with Gasteiger partial charge in [-0.1, -0.05) is 44.4 Å². The summed E-state index contributed by atoms with van der Waals surface area (Å²) in [7, 11) is 0. The van der Waals surface area contributed by atoms with Crippen LogP contribution in [0.2, 0.25) is 0 Å². The zero-order valence-corrected chi connectivity index (χ0v) is 11.0. The molecule has 0 saturated heterocycles. The van der Waals surface area contributed by atoms with Crippen LogP contribution in [0.15, 0.2) is 34.7 Å². The van der Waals surface area contributed by atoms with E-state index < -0.39 is 0 Å². The van der Waals surface area contributed by atoms with E-state index in [1.165, 1.54) is 12.8 Å². The molecule has 1 heterocycles. The average molecular weight is 242 g/mol. The molecule has 0 aliphatic rings. The summed E-state index contributed by atoms with van der Waals surface area (Å²) in [6.07, 6.45) is 5.60. The van der Waals surface area contributed by atoms with Gasteiger partial charge < -0.3 is 4.42 Å². The fourth-order valence-corrected chi connectivity index (χ4v) is 2.01. The molecule has 2 aromatic rings. The van der Waals surface area contributed by atoms with Crippen LogP contribution in [-0.4, -0.2) is 4.98 Å². The van der Waals surface area contributed by atoms with Crippen LogP contribution in [0.4, 0.5) is 0 Å². The molecule has 2 heteroatoms. The summed E-state index contributed by atoms with van der Waals surface area (Å²) in [5, 5.41) is 0. The van der Waals surface area contributed by atoms with E-state index in [0.717, 1.165) is 42.2 Å². The van der Waals surface area contributed by atoms with Gasteiger partial charge in [-0.15, -0.1) is 0 Å². The summed E-state index contributed by atoms with van der Waals surface area (Å²) >= 11 is 0. The Morgan fingerprint density at radius 2 is 1.89 bits per heavy atom. The van der Waals surface area contributed by atoms with E-state index in [0.29, 0.717) is 0 Å². The van der Waals surface area contributed by atoms with Crippen molar-refractivity contribution in [2.45, 2.75) is 39.0 Å². The molecule has 0 saturated carbocycles. The molecule has 0 aliphatic carbocycles. The number of hydrogen-bond acceptors (Lipinski definition) is 2. The van der Waals surface area contributed by atoms with E-state index in [1.54, 1.807) is 0 Å². The molecule has 1 aromatic carbocycles. The first-order valence-corrected chi connectivity index (χ1v) is 6.62. The van der Waals surface area contributed by atoms with E-state index in [-0.39, 0.29) is 0 Å². The second-order valence-corrected chi connectivity index (χ2v) is 4.55. The van der Waals surface area contributed by atoms with Crippen LogP contribution in [0.1, 0.15) is 37.1 Å². The smallest absolute Gasteiger partial charge is 0.226 e. The van der Waals surface area contributed by atoms with Gasteiger partial charge in [0, 0.05) is 5.56 Å². The quantitative estimate of drug-likeness (QED) is 0.692. The molecular weight excluding hydrogens is 222 g/mol. The second-order valence-electron chi connectivity index (χ2n) is 4.55. The minimum absolute atomic E-state index is 0.736. The first kappa shape index (κ1) is 12.9. The third-order valence-corrected chi connectivity index (χ3v) is 3.08. The van der Waals surface area contributed by atoms with Crippen LogP contribution >= 0.6 is 0 Å². The Labute approximate surface area is 109 Å². The van der Waals surface area contributed by atoms with Crippen molar-refractivity contribution in [1.29, 1.82) is 0 Å². The molecule has 1 aromatic heterocycles. The van der Waals surface area contributed by atoms with Crippen molar-refractivity contribution >= 4 is 0 Å². The Kier molecular flexibility index (Phi) is 4.57. The van der Waals surface area contributed by atoms with Gasteiger partial charge in [0.15, 0.2) is 0 Å². The number of aromatic nitrogens is 1. The third kappa shape index (κ3) is 3.22. The number of benzene rings is 1. The number of rotatable bonds is 6.